The molecule has 0 aliphatic rings. The second kappa shape index (κ2) is 6.25. The fourth-order valence-electron chi connectivity index (χ4n) is 1.50. The summed E-state index contributed by atoms with van der Waals surface area (Å²) in [5, 5.41) is 0. The van der Waals surface area contributed by atoms with Gasteiger partial charge in [0.1, 0.15) is 12.4 Å². The van der Waals surface area contributed by atoms with Crippen LogP contribution < -0.4 is 4.74 Å². The first-order valence-corrected chi connectivity index (χ1v) is 5.87. The van der Waals surface area contributed by atoms with Gasteiger partial charge in [-0.05, 0) is 36.4 Å². The third kappa shape index (κ3) is 4.79. The average molecular weight is 297 g/mol. The number of rotatable bonds is 4. The van der Waals surface area contributed by atoms with Gasteiger partial charge in [-0.15, -0.1) is 13.2 Å². The summed E-state index contributed by atoms with van der Waals surface area (Å²) in [7, 11) is 0. The largest absolute Gasteiger partial charge is 0.573 e. The van der Waals surface area contributed by atoms with Crippen LogP contribution in [0.25, 0.3) is 0 Å². The van der Waals surface area contributed by atoms with Crippen molar-refractivity contribution < 1.29 is 27.4 Å². The van der Waals surface area contributed by atoms with Gasteiger partial charge in [0.05, 0.1) is 11.3 Å². The smallest absolute Gasteiger partial charge is 0.456 e. The van der Waals surface area contributed by atoms with Crippen molar-refractivity contribution in [1.82, 2.24) is 4.98 Å². The fourth-order valence-corrected chi connectivity index (χ4v) is 1.50. The van der Waals surface area contributed by atoms with E-state index in [1.807, 2.05) is 0 Å². The van der Waals surface area contributed by atoms with Gasteiger partial charge in [-0.1, -0.05) is 6.07 Å². The summed E-state index contributed by atoms with van der Waals surface area (Å²) in [4.78, 5) is 15.7. The van der Waals surface area contributed by atoms with Gasteiger partial charge in [0.25, 0.3) is 0 Å². The molecule has 1 aromatic carbocycles. The van der Waals surface area contributed by atoms with E-state index in [-0.39, 0.29) is 12.2 Å². The zero-order valence-corrected chi connectivity index (χ0v) is 10.6. The van der Waals surface area contributed by atoms with E-state index < -0.39 is 18.1 Å². The molecule has 0 saturated carbocycles. The molecule has 4 nitrogen and oxygen atoms in total. The predicted octanol–water partition coefficient (Wildman–Crippen LogP) is 3.34. The number of benzene rings is 1. The van der Waals surface area contributed by atoms with Gasteiger partial charge in [0, 0.05) is 6.20 Å². The van der Waals surface area contributed by atoms with Crippen molar-refractivity contribution in [3.63, 3.8) is 0 Å². The number of pyridine rings is 1. The monoisotopic (exact) mass is 297 g/mol. The molecule has 110 valence electrons. The zero-order chi connectivity index (χ0) is 15.3. The second-order valence-corrected chi connectivity index (χ2v) is 3.97. The van der Waals surface area contributed by atoms with E-state index in [9.17, 15) is 18.0 Å². The Labute approximate surface area is 118 Å². The number of hydrogen-bond donors (Lipinski definition) is 0. The third-order valence-electron chi connectivity index (χ3n) is 2.40. The molecule has 0 spiro atoms. The third-order valence-corrected chi connectivity index (χ3v) is 2.40. The minimum absolute atomic E-state index is 0.0134. The number of esters is 1. The molecule has 7 heteroatoms. The van der Waals surface area contributed by atoms with Gasteiger partial charge in [-0.2, -0.15) is 0 Å². The lowest BCUT2D eigenvalue weighted by Gasteiger charge is -2.09. The van der Waals surface area contributed by atoms with Crippen molar-refractivity contribution in [2.24, 2.45) is 0 Å². The number of aromatic nitrogens is 1. The number of alkyl halides is 3. The van der Waals surface area contributed by atoms with Crippen LogP contribution in [0.5, 0.6) is 5.75 Å². The Hall–Kier alpha value is -2.57. The number of ether oxygens (including phenoxy) is 2. The van der Waals surface area contributed by atoms with Crippen LogP contribution in [0.4, 0.5) is 13.2 Å². The van der Waals surface area contributed by atoms with Crippen LogP contribution in [-0.4, -0.2) is 17.3 Å². The molecule has 0 aliphatic heterocycles. The Balaban J connectivity index is 1.94. The number of nitrogens with zero attached hydrogens (tertiary/aromatic N) is 1. The Kier molecular flexibility index (Phi) is 4.42. The summed E-state index contributed by atoms with van der Waals surface area (Å²) in [6.07, 6.45) is -3.20. The normalized spacial score (nSPS) is 11.0. The van der Waals surface area contributed by atoms with E-state index in [1.54, 1.807) is 24.4 Å². The molecule has 0 fully saturated rings. The van der Waals surface area contributed by atoms with E-state index in [1.165, 1.54) is 12.1 Å². The number of carbonyl (C=O) groups excluding carboxylic acids is 1. The minimum Gasteiger partial charge on any atom is -0.456 e. The standard InChI is InChI=1S/C14H10F3NO3/c15-14(16,17)21-12-6-4-10(5-7-12)13(19)20-9-11-3-1-2-8-18-11/h1-8H,9H2. The summed E-state index contributed by atoms with van der Waals surface area (Å²) in [6, 6.07) is 9.65. The number of halogens is 3. The Morgan fingerprint density at radius 2 is 1.81 bits per heavy atom. The molecule has 0 aliphatic carbocycles. The molecule has 0 bridgehead atoms. The van der Waals surface area contributed by atoms with Gasteiger partial charge in [-0.3, -0.25) is 4.98 Å². The predicted molar refractivity (Wildman–Crippen MR) is 66.5 cm³/mol. The molecule has 0 unspecified atom stereocenters. The van der Waals surface area contributed by atoms with Gasteiger partial charge in [0.15, 0.2) is 0 Å². The first-order valence-electron chi connectivity index (χ1n) is 5.87. The van der Waals surface area contributed by atoms with E-state index in [2.05, 4.69) is 9.72 Å². The maximum Gasteiger partial charge on any atom is 0.573 e. The average Bonchev–Trinajstić information content (AvgIpc) is 2.45. The highest BCUT2D eigenvalue weighted by atomic mass is 19.4. The molecule has 2 aromatic rings. The van der Waals surface area contributed by atoms with Crippen LogP contribution in [0.3, 0.4) is 0 Å². The lowest BCUT2D eigenvalue weighted by atomic mass is 10.2. The topological polar surface area (TPSA) is 48.4 Å². The van der Waals surface area contributed by atoms with Gasteiger partial charge in [0.2, 0.25) is 0 Å². The molecule has 21 heavy (non-hydrogen) atoms. The molecule has 1 aromatic heterocycles. The first-order chi connectivity index (χ1) is 9.94. The lowest BCUT2D eigenvalue weighted by molar-refractivity contribution is -0.274. The van der Waals surface area contributed by atoms with Crippen molar-refractivity contribution in [1.29, 1.82) is 0 Å². The highest BCUT2D eigenvalue weighted by Crippen LogP contribution is 2.22. The number of carbonyl (C=O) groups is 1. The summed E-state index contributed by atoms with van der Waals surface area (Å²) in [5.74, 6) is -1.05. The summed E-state index contributed by atoms with van der Waals surface area (Å²) < 4.78 is 44.7. The second-order valence-electron chi connectivity index (χ2n) is 3.97. The first kappa shape index (κ1) is 14.8. The summed E-state index contributed by atoms with van der Waals surface area (Å²) in [6.45, 7) is -0.0134. The molecule has 0 radical (unpaired) electrons. The Morgan fingerprint density at radius 1 is 1.10 bits per heavy atom. The highest BCUT2D eigenvalue weighted by Gasteiger charge is 2.31. The van der Waals surface area contributed by atoms with Gasteiger partial charge < -0.3 is 9.47 Å². The van der Waals surface area contributed by atoms with E-state index >= 15 is 0 Å². The zero-order valence-electron chi connectivity index (χ0n) is 10.6. The van der Waals surface area contributed by atoms with Crippen LogP contribution in [0, 0.1) is 0 Å². The molecule has 2 rings (SSSR count). The molecule has 0 saturated heterocycles. The van der Waals surface area contributed by atoms with Gasteiger partial charge >= 0.3 is 12.3 Å². The minimum atomic E-state index is -4.76. The van der Waals surface area contributed by atoms with E-state index in [4.69, 9.17) is 4.74 Å². The van der Waals surface area contributed by atoms with Gasteiger partial charge in [-0.25, -0.2) is 4.79 Å². The van der Waals surface area contributed by atoms with Crippen LogP contribution in [0.15, 0.2) is 48.7 Å². The number of hydrogen-bond acceptors (Lipinski definition) is 4. The Bertz CT molecular complexity index is 597. The summed E-state index contributed by atoms with van der Waals surface area (Å²) >= 11 is 0. The lowest BCUT2D eigenvalue weighted by Crippen LogP contribution is -2.17. The van der Waals surface area contributed by atoms with Crippen LogP contribution in [-0.2, 0) is 11.3 Å². The van der Waals surface area contributed by atoms with E-state index in [0.29, 0.717) is 5.69 Å². The molecular formula is C14H10F3NO3. The summed E-state index contributed by atoms with van der Waals surface area (Å²) in [5.41, 5.74) is 0.698. The van der Waals surface area contributed by atoms with Crippen LogP contribution >= 0.6 is 0 Å². The maximum absolute atomic E-state index is 12.0. The van der Waals surface area contributed by atoms with Crippen molar-refractivity contribution in [3.8, 4) is 5.75 Å². The van der Waals surface area contributed by atoms with Crippen molar-refractivity contribution in [2.45, 2.75) is 13.0 Å². The SMILES string of the molecule is O=C(OCc1ccccn1)c1ccc(OC(F)(F)F)cc1. The Morgan fingerprint density at radius 3 is 2.38 bits per heavy atom. The van der Waals surface area contributed by atoms with Crippen molar-refractivity contribution >= 4 is 5.97 Å². The van der Waals surface area contributed by atoms with Crippen molar-refractivity contribution in [2.75, 3.05) is 0 Å². The maximum atomic E-state index is 12.0. The van der Waals surface area contributed by atoms with Crippen LogP contribution in [0.2, 0.25) is 0 Å². The van der Waals surface area contributed by atoms with Crippen molar-refractivity contribution in [3.05, 3.63) is 59.9 Å². The molecule has 1 heterocycles. The molecule has 0 atom stereocenters. The van der Waals surface area contributed by atoms with E-state index in [0.717, 1.165) is 12.1 Å². The molecule has 0 N–H and O–H groups in total. The highest BCUT2D eigenvalue weighted by molar-refractivity contribution is 5.89. The molecular weight excluding hydrogens is 287 g/mol. The fraction of sp³-hybridized carbons (Fsp3) is 0.143. The molecule has 0 amide bonds. The quantitative estimate of drug-likeness (QED) is 0.812. The van der Waals surface area contributed by atoms with Crippen LogP contribution in [0.1, 0.15) is 16.1 Å².